The number of benzene rings is 7. The van der Waals surface area contributed by atoms with Crippen LogP contribution in [0, 0.1) is 40.9 Å². The molecule has 0 spiro atoms. The van der Waals surface area contributed by atoms with Crippen molar-refractivity contribution >= 4 is 22.7 Å². The number of hydrogen-bond donors (Lipinski definition) is 2. The number of nitrogens with zero attached hydrogens (tertiary/aromatic N) is 7. The summed E-state index contributed by atoms with van der Waals surface area (Å²) >= 11 is 0. The zero-order chi connectivity index (χ0) is 45.1. The zero-order valence-electron chi connectivity index (χ0n) is 35.5. The van der Waals surface area contributed by atoms with Gasteiger partial charge in [0.25, 0.3) is 0 Å². The Labute approximate surface area is 378 Å². The SMILES string of the molecule is Cc1ccccc1Nc1cccc(Oc2cc(Cn3ccnc3)ccc2C#N)c1.N#Cc1ccc(Cn2ccnc2)cc1Oc1cccc(Nc2ccccc2)c1.N#Cc1ccccc1. The number of rotatable bonds is 12. The van der Waals surface area contributed by atoms with E-state index in [0.29, 0.717) is 52.8 Å². The summed E-state index contributed by atoms with van der Waals surface area (Å²) in [7, 11) is 0. The summed E-state index contributed by atoms with van der Waals surface area (Å²) in [4.78, 5) is 8.12. The molecular weight excluding hydrogens is 807 g/mol. The van der Waals surface area contributed by atoms with Crippen LogP contribution in [0.15, 0.2) is 207 Å². The second-order valence-corrected chi connectivity index (χ2v) is 14.5. The molecule has 0 radical (unpaired) electrons. The molecule has 11 nitrogen and oxygen atoms in total. The van der Waals surface area contributed by atoms with E-state index in [4.69, 9.17) is 14.7 Å². The number of nitrogens with one attached hydrogen (secondary N) is 2. The van der Waals surface area contributed by atoms with Gasteiger partial charge in [0.2, 0.25) is 0 Å². The maximum absolute atomic E-state index is 9.47. The van der Waals surface area contributed by atoms with Gasteiger partial charge >= 0.3 is 0 Å². The molecule has 7 aromatic carbocycles. The molecule has 9 rings (SSSR count). The molecule has 0 aliphatic rings. The quantitative estimate of drug-likeness (QED) is 0.122. The Morgan fingerprint density at radius 1 is 0.492 bits per heavy atom. The van der Waals surface area contributed by atoms with Crippen molar-refractivity contribution in [3.63, 3.8) is 0 Å². The first kappa shape index (κ1) is 43.7. The van der Waals surface area contributed by atoms with Crippen LogP contribution < -0.4 is 20.1 Å². The van der Waals surface area contributed by atoms with Gasteiger partial charge in [0, 0.05) is 72.8 Å². The summed E-state index contributed by atoms with van der Waals surface area (Å²) in [6.07, 6.45) is 10.8. The summed E-state index contributed by atoms with van der Waals surface area (Å²) in [5.41, 5.74) is 8.82. The Kier molecular flexibility index (Phi) is 15.1. The predicted molar refractivity (Wildman–Crippen MR) is 253 cm³/mol. The van der Waals surface area contributed by atoms with Crippen molar-refractivity contribution in [3.05, 3.63) is 241 Å². The van der Waals surface area contributed by atoms with Crippen molar-refractivity contribution in [1.82, 2.24) is 19.1 Å². The van der Waals surface area contributed by atoms with Crippen LogP contribution >= 0.6 is 0 Å². The van der Waals surface area contributed by atoms with Gasteiger partial charge in [-0.25, -0.2) is 9.97 Å². The Bertz CT molecular complexity index is 3040. The Balaban J connectivity index is 0.000000166. The second kappa shape index (κ2) is 22.5. The summed E-state index contributed by atoms with van der Waals surface area (Å²) in [5, 5.41) is 33.9. The molecule has 0 unspecified atom stereocenters. The molecule has 9 aromatic rings. The monoisotopic (exact) mass is 849 g/mol. The molecule has 2 heterocycles. The lowest BCUT2D eigenvalue weighted by molar-refractivity contribution is 0.480. The number of hydrogen-bond acceptors (Lipinski definition) is 9. The third-order valence-electron chi connectivity index (χ3n) is 9.69. The highest BCUT2D eigenvalue weighted by molar-refractivity contribution is 5.65. The van der Waals surface area contributed by atoms with Crippen LogP contribution in [0.4, 0.5) is 22.7 Å². The van der Waals surface area contributed by atoms with Crippen LogP contribution in [0.1, 0.15) is 33.4 Å². The van der Waals surface area contributed by atoms with E-state index in [9.17, 15) is 10.5 Å². The number of aryl methyl sites for hydroxylation is 1. The highest BCUT2D eigenvalue weighted by atomic mass is 16.5. The highest BCUT2D eigenvalue weighted by Crippen LogP contribution is 2.31. The fraction of sp³-hybridized carbons (Fsp3) is 0.0556. The maximum Gasteiger partial charge on any atom is 0.145 e. The van der Waals surface area contributed by atoms with Gasteiger partial charge in [-0.15, -0.1) is 0 Å². The van der Waals surface area contributed by atoms with E-state index in [0.717, 1.165) is 39.4 Å². The average molecular weight is 850 g/mol. The number of nitriles is 3. The van der Waals surface area contributed by atoms with E-state index in [-0.39, 0.29) is 0 Å². The van der Waals surface area contributed by atoms with Gasteiger partial charge in [0.15, 0.2) is 0 Å². The van der Waals surface area contributed by atoms with Crippen LogP contribution in [0.2, 0.25) is 0 Å². The Hall–Kier alpha value is -9.37. The Morgan fingerprint density at radius 3 is 1.46 bits per heavy atom. The first-order valence-corrected chi connectivity index (χ1v) is 20.6. The first-order chi connectivity index (χ1) is 31.9. The normalized spacial score (nSPS) is 10.0. The van der Waals surface area contributed by atoms with Crippen molar-refractivity contribution in [2.45, 2.75) is 20.0 Å². The molecule has 0 fully saturated rings. The zero-order valence-corrected chi connectivity index (χ0v) is 35.5. The first-order valence-electron chi connectivity index (χ1n) is 20.6. The van der Waals surface area contributed by atoms with E-state index >= 15 is 0 Å². The molecular formula is C54H43N9O2. The summed E-state index contributed by atoms with van der Waals surface area (Å²) in [6, 6.07) is 60.3. The van der Waals surface area contributed by atoms with E-state index in [2.05, 4.69) is 45.7 Å². The van der Waals surface area contributed by atoms with Crippen molar-refractivity contribution in [3.8, 4) is 41.2 Å². The van der Waals surface area contributed by atoms with Gasteiger partial charge in [-0.05, 0) is 102 Å². The number of ether oxygens (including phenoxy) is 2. The molecule has 0 aliphatic carbocycles. The van der Waals surface area contributed by atoms with E-state index < -0.39 is 0 Å². The number of para-hydroxylation sites is 2. The van der Waals surface area contributed by atoms with Crippen molar-refractivity contribution in [2.75, 3.05) is 10.6 Å². The van der Waals surface area contributed by atoms with Gasteiger partial charge in [-0.1, -0.05) is 78.9 Å². The summed E-state index contributed by atoms with van der Waals surface area (Å²) in [5.74, 6) is 2.41. The lowest BCUT2D eigenvalue weighted by Gasteiger charge is -2.13. The van der Waals surface area contributed by atoms with Crippen LogP contribution in [-0.4, -0.2) is 19.1 Å². The van der Waals surface area contributed by atoms with Crippen molar-refractivity contribution < 1.29 is 9.47 Å². The number of aromatic nitrogens is 4. The van der Waals surface area contributed by atoms with Gasteiger partial charge in [-0.2, -0.15) is 15.8 Å². The lowest BCUT2D eigenvalue weighted by atomic mass is 10.1. The Morgan fingerprint density at radius 2 is 0.985 bits per heavy atom. The molecule has 0 saturated heterocycles. The molecule has 0 aliphatic heterocycles. The third kappa shape index (κ3) is 13.1. The minimum absolute atomic E-state index is 0.496. The number of imidazole rings is 2. The van der Waals surface area contributed by atoms with Crippen LogP contribution in [0.25, 0.3) is 0 Å². The van der Waals surface area contributed by atoms with Crippen molar-refractivity contribution in [1.29, 1.82) is 15.8 Å². The largest absolute Gasteiger partial charge is 0.456 e. The van der Waals surface area contributed by atoms with Gasteiger partial charge in [0.1, 0.15) is 35.1 Å². The fourth-order valence-electron chi connectivity index (χ4n) is 6.46. The number of anilines is 4. The molecule has 0 amide bonds. The molecule has 0 atom stereocenters. The van der Waals surface area contributed by atoms with Gasteiger partial charge in [0.05, 0.1) is 35.4 Å². The molecule has 65 heavy (non-hydrogen) atoms. The summed E-state index contributed by atoms with van der Waals surface area (Å²) < 4.78 is 16.1. The van der Waals surface area contributed by atoms with Gasteiger partial charge < -0.3 is 29.2 Å². The molecule has 2 aromatic heterocycles. The molecule has 0 bridgehead atoms. The smallest absolute Gasteiger partial charge is 0.145 e. The van der Waals surface area contributed by atoms with Crippen LogP contribution in [0.3, 0.4) is 0 Å². The molecule has 11 heteroatoms. The van der Waals surface area contributed by atoms with E-state index in [1.165, 1.54) is 0 Å². The van der Waals surface area contributed by atoms with Crippen LogP contribution in [0.5, 0.6) is 23.0 Å². The minimum Gasteiger partial charge on any atom is -0.456 e. The lowest BCUT2D eigenvalue weighted by Crippen LogP contribution is -1.98. The molecule has 316 valence electrons. The van der Waals surface area contributed by atoms with Gasteiger partial charge in [-0.3, -0.25) is 0 Å². The topological polar surface area (TPSA) is 150 Å². The minimum atomic E-state index is 0.496. The van der Waals surface area contributed by atoms with E-state index in [1.807, 2.05) is 167 Å². The average Bonchev–Trinajstić information content (AvgIpc) is 4.07. The fourth-order valence-corrected chi connectivity index (χ4v) is 6.46. The summed E-state index contributed by atoms with van der Waals surface area (Å²) in [6.45, 7) is 3.39. The highest BCUT2D eigenvalue weighted by Gasteiger charge is 2.10. The third-order valence-corrected chi connectivity index (χ3v) is 9.69. The van der Waals surface area contributed by atoms with Crippen LogP contribution in [-0.2, 0) is 13.1 Å². The van der Waals surface area contributed by atoms with Crippen molar-refractivity contribution in [2.24, 2.45) is 0 Å². The molecule has 0 saturated carbocycles. The standard InChI is InChI=1S/C24H20N4O.C23H18N4O.C7H5N/c1-18-5-2-3-8-23(18)27-21-6-4-7-22(14-21)29-24-13-19(9-10-20(24)15-25)16-28-12-11-26-17-28;24-15-19-10-9-18(16-27-12-11-25-17-27)13-23(19)28-22-8-4-7-21(14-22)26-20-5-2-1-3-6-20;8-6-7-4-2-1-3-5-7/h2-14,17,27H,16H2,1H3;1-14,17,26H,16H2;1-5H. The maximum atomic E-state index is 9.47. The molecule has 2 N–H and O–H groups in total. The predicted octanol–water partition coefficient (Wildman–Crippen LogP) is 12.5. The second-order valence-electron chi connectivity index (χ2n) is 14.5. The van der Waals surface area contributed by atoms with E-state index in [1.54, 1.807) is 49.3 Å².